The first-order chi connectivity index (χ1) is 14.8. The summed E-state index contributed by atoms with van der Waals surface area (Å²) in [7, 11) is 3.80. The predicted octanol–water partition coefficient (Wildman–Crippen LogP) is 5.50. The van der Waals surface area contributed by atoms with Gasteiger partial charge < -0.3 is 19.4 Å². The van der Waals surface area contributed by atoms with Crippen LogP contribution in [0.4, 0.5) is 0 Å². The van der Waals surface area contributed by atoms with Gasteiger partial charge in [-0.2, -0.15) is 0 Å². The molecular weight excluding hydrogens is 392 g/mol. The van der Waals surface area contributed by atoms with Gasteiger partial charge in [0.05, 0.1) is 12.8 Å². The molecule has 1 aromatic carbocycles. The van der Waals surface area contributed by atoms with Crippen molar-refractivity contribution in [2.24, 2.45) is 11.1 Å². The van der Waals surface area contributed by atoms with E-state index in [2.05, 4.69) is 63.0 Å². The van der Waals surface area contributed by atoms with Gasteiger partial charge in [0, 0.05) is 30.5 Å². The Morgan fingerprint density at radius 2 is 1.90 bits per heavy atom. The maximum absolute atomic E-state index is 10.0. The van der Waals surface area contributed by atoms with Crippen LogP contribution in [0.25, 0.3) is 0 Å². The molecule has 1 aromatic rings. The van der Waals surface area contributed by atoms with E-state index in [4.69, 9.17) is 14.2 Å². The third kappa shape index (κ3) is 5.24. The molecule has 6 nitrogen and oxygen atoms in total. The number of allylic oxidation sites excluding steroid dienone is 4. The van der Waals surface area contributed by atoms with E-state index in [0.29, 0.717) is 12.2 Å². The Hall–Kier alpha value is -2.47. The molecule has 0 aliphatic carbocycles. The van der Waals surface area contributed by atoms with Crippen molar-refractivity contribution in [1.29, 1.82) is 0 Å². The molecule has 0 bridgehead atoms. The fraction of sp³-hybridized carbons (Fsp3) is 0.560. The van der Waals surface area contributed by atoms with Crippen molar-refractivity contribution in [2.75, 3.05) is 27.5 Å². The summed E-state index contributed by atoms with van der Waals surface area (Å²) in [5, 5.41) is 13.8. The van der Waals surface area contributed by atoms with Crippen molar-refractivity contribution in [3.05, 3.63) is 40.5 Å². The molecule has 0 spiro atoms. The number of rotatable bonds is 8. The molecule has 31 heavy (non-hydrogen) atoms. The molecule has 1 N–H and O–H groups in total. The topological polar surface area (TPSA) is 63.5 Å². The van der Waals surface area contributed by atoms with E-state index in [-0.39, 0.29) is 18.8 Å². The van der Waals surface area contributed by atoms with E-state index in [0.717, 1.165) is 48.6 Å². The van der Waals surface area contributed by atoms with Gasteiger partial charge in [-0.25, -0.2) is 0 Å². The van der Waals surface area contributed by atoms with E-state index in [1.165, 1.54) is 16.7 Å². The second-order valence-electron chi connectivity index (χ2n) is 8.99. The summed E-state index contributed by atoms with van der Waals surface area (Å²) in [6.45, 7) is 9.55. The number of ether oxygens (including phenoxy) is 3. The first kappa shape index (κ1) is 23.2. The van der Waals surface area contributed by atoms with Crippen LogP contribution in [0.1, 0.15) is 64.1 Å². The summed E-state index contributed by atoms with van der Waals surface area (Å²) in [6, 6.07) is 2.12. The number of fused-ring (bicyclic) bond motifs is 2. The highest BCUT2D eigenvalue weighted by Gasteiger charge is 2.35. The Morgan fingerprint density at radius 1 is 1.23 bits per heavy atom. The van der Waals surface area contributed by atoms with Crippen LogP contribution in [-0.4, -0.2) is 43.3 Å². The molecule has 170 valence electrons. The van der Waals surface area contributed by atoms with Crippen LogP contribution in [0.3, 0.4) is 0 Å². The molecule has 1 unspecified atom stereocenters. The lowest BCUT2D eigenvalue weighted by Crippen LogP contribution is -2.35. The van der Waals surface area contributed by atoms with Gasteiger partial charge >= 0.3 is 0 Å². The summed E-state index contributed by atoms with van der Waals surface area (Å²) in [6.07, 6.45) is 7.71. The SMILES string of the molecule is COc1c2c(cc3c1C(C/C(=N/O)C(CC=C(C)C)CC=C(C)C)N(C)CC3)OCO2. The standard InChI is InChI=1S/C25H36N2O4/c1-16(2)7-9-18(10-8-17(3)4)20(26-28)14-21-23-19(11-12-27(21)5)13-22-24(25(23)29-6)31-15-30-22/h7-8,13,18,21,28H,9-12,14-15H2,1-6H3/b26-20-. The Kier molecular flexibility index (Phi) is 7.65. The number of likely N-dealkylation sites (N-methyl/N-ethyl adjacent to an activating group) is 1. The van der Waals surface area contributed by atoms with Crippen LogP contribution in [0.5, 0.6) is 17.2 Å². The molecule has 0 saturated heterocycles. The molecule has 2 heterocycles. The Balaban J connectivity index is 1.96. The van der Waals surface area contributed by atoms with Crippen molar-refractivity contribution in [1.82, 2.24) is 4.90 Å². The minimum atomic E-state index is 0.0417. The number of methoxy groups -OCH3 is 1. The van der Waals surface area contributed by atoms with Gasteiger partial charge in [0.25, 0.3) is 0 Å². The first-order valence-corrected chi connectivity index (χ1v) is 11.0. The highest BCUT2D eigenvalue weighted by atomic mass is 16.7. The molecule has 0 radical (unpaired) electrons. The maximum Gasteiger partial charge on any atom is 0.231 e. The molecule has 1 atom stereocenters. The zero-order valence-corrected chi connectivity index (χ0v) is 19.7. The lowest BCUT2D eigenvalue weighted by molar-refractivity contribution is 0.170. The van der Waals surface area contributed by atoms with E-state index in [1.54, 1.807) is 7.11 Å². The Labute approximate surface area is 186 Å². The highest BCUT2D eigenvalue weighted by molar-refractivity contribution is 5.87. The van der Waals surface area contributed by atoms with E-state index in [1.807, 2.05) is 0 Å². The second-order valence-corrected chi connectivity index (χ2v) is 8.99. The number of benzene rings is 1. The third-order valence-electron chi connectivity index (χ3n) is 6.17. The van der Waals surface area contributed by atoms with Crippen LogP contribution in [-0.2, 0) is 6.42 Å². The van der Waals surface area contributed by atoms with Gasteiger partial charge in [0.2, 0.25) is 12.5 Å². The minimum Gasteiger partial charge on any atom is -0.492 e. The summed E-state index contributed by atoms with van der Waals surface area (Å²) in [4.78, 5) is 2.32. The normalized spacial score (nSPS) is 18.0. The molecule has 0 fully saturated rings. The van der Waals surface area contributed by atoms with Gasteiger partial charge in [-0.1, -0.05) is 28.5 Å². The zero-order valence-electron chi connectivity index (χ0n) is 19.7. The van der Waals surface area contributed by atoms with Crippen LogP contribution in [0, 0.1) is 5.92 Å². The minimum absolute atomic E-state index is 0.0417. The van der Waals surface area contributed by atoms with Crippen molar-refractivity contribution >= 4 is 5.71 Å². The molecule has 2 aliphatic heterocycles. The van der Waals surface area contributed by atoms with Crippen molar-refractivity contribution < 1.29 is 19.4 Å². The number of hydrogen-bond donors (Lipinski definition) is 1. The fourth-order valence-electron chi connectivity index (χ4n) is 4.39. The Bertz CT molecular complexity index is 860. The zero-order chi connectivity index (χ0) is 22.5. The number of nitrogens with zero attached hydrogens (tertiary/aromatic N) is 2. The van der Waals surface area contributed by atoms with Gasteiger partial charge in [0.1, 0.15) is 0 Å². The van der Waals surface area contributed by atoms with Gasteiger partial charge in [-0.05, 0) is 65.6 Å². The quantitative estimate of drug-likeness (QED) is 0.256. The summed E-state index contributed by atoms with van der Waals surface area (Å²) < 4.78 is 17.2. The molecule has 0 amide bonds. The molecule has 0 aromatic heterocycles. The van der Waals surface area contributed by atoms with Crippen LogP contribution < -0.4 is 14.2 Å². The summed E-state index contributed by atoms with van der Waals surface area (Å²) in [5.41, 5.74) is 5.69. The first-order valence-electron chi connectivity index (χ1n) is 11.0. The van der Waals surface area contributed by atoms with Crippen LogP contribution in [0.15, 0.2) is 34.5 Å². The van der Waals surface area contributed by atoms with Crippen LogP contribution in [0.2, 0.25) is 0 Å². The average molecular weight is 429 g/mol. The second kappa shape index (κ2) is 10.2. The summed E-state index contributed by atoms with van der Waals surface area (Å²) in [5.74, 6) is 2.31. The van der Waals surface area contributed by atoms with Gasteiger partial charge in [-0.15, -0.1) is 0 Å². The fourth-order valence-corrected chi connectivity index (χ4v) is 4.39. The van der Waals surface area contributed by atoms with Gasteiger partial charge in [0.15, 0.2) is 11.5 Å². The lowest BCUT2D eigenvalue weighted by atomic mass is 9.84. The smallest absolute Gasteiger partial charge is 0.231 e. The predicted molar refractivity (Wildman–Crippen MR) is 124 cm³/mol. The Morgan fingerprint density at radius 3 is 2.48 bits per heavy atom. The van der Waals surface area contributed by atoms with Crippen molar-refractivity contribution in [2.45, 2.75) is 59.4 Å². The molecule has 6 heteroatoms. The molecule has 0 saturated carbocycles. The third-order valence-corrected chi connectivity index (χ3v) is 6.17. The number of oxime groups is 1. The largest absolute Gasteiger partial charge is 0.492 e. The van der Waals surface area contributed by atoms with Gasteiger partial charge in [-0.3, -0.25) is 4.90 Å². The highest BCUT2D eigenvalue weighted by Crippen LogP contribution is 2.50. The van der Waals surface area contributed by atoms with E-state index < -0.39 is 0 Å². The molecule has 3 rings (SSSR count). The monoisotopic (exact) mass is 428 g/mol. The number of hydrogen-bond acceptors (Lipinski definition) is 6. The van der Waals surface area contributed by atoms with Crippen molar-refractivity contribution in [3.8, 4) is 17.2 Å². The summed E-state index contributed by atoms with van der Waals surface area (Å²) >= 11 is 0. The maximum atomic E-state index is 10.0. The van der Waals surface area contributed by atoms with Crippen molar-refractivity contribution in [3.63, 3.8) is 0 Å². The average Bonchev–Trinajstić information content (AvgIpc) is 3.20. The van der Waals surface area contributed by atoms with E-state index >= 15 is 0 Å². The molecular formula is C25H36N2O4. The van der Waals surface area contributed by atoms with E-state index in [9.17, 15) is 5.21 Å². The van der Waals surface area contributed by atoms with Crippen LogP contribution >= 0.6 is 0 Å². The molecule has 2 aliphatic rings. The lowest BCUT2D eigenvalue weighted by Gasteiger charge is -2.36.